The maximum atomic E-state index is 12.5. The monoisotopic (exact) mass is 423 g/mol. The van der Waals surface area contributed by atoms with Gasteiger partial charge in [0.2, 0.25) is 0 Å². The Hall–Kier alpha value is -2.74. The van der Waals surface area contributed by atoms with Crippen LogP contribution in [0.2, 0.25) is 0 Å². The molecule has 31 heavy (non-hydrogen) atoms. The summed E-state index contributed by atoms with van der Waals surface area (Å²) in [7, 11) is 0. The Bertz CT molecular complexity index is 884. The van der Waals surface area contributed by atoms with Crippen LogP contribution in [0.5, 0.6) is 0 Å². The summed E-state index contributed by atoms with van der Waals surface area (Å²) < 4.78 is 5.27. The van der Waals surface area contributed by atoms with Crippen LogP contribution in [0, 0.1) is 0 Å². The first-order chi connectivity index (χ1) is 15.1. The number of carbonyl (C=O) groups is 2. The fourth-order valence-electron chi connectivity index (χ4n) is 4.10. The van der Waals surface area contributed by atoms with Crippen molar-refractivity contribution in [3.05, 3.63) is 70.8 Å². The Balaban J connectivity index is 1.20. The van der Waals surface area contributed by atoms with E-state index in [1.165, 1.54) is 11.1 Å². The van der Waals surface area contributed by atoms with Gasteiger partial charge in [0.25, 0.3) is 11.8 Å². The van der Waals surface area contributed by atoms with Crippen molar-refractivity contribution in [1.29, 1.82) is 0 Å². The van der Waals surface area contributed by atoms with E-state index >= 15 is 0 Å². The van der Waals surface area contributed by atoms with E-state index in [0.29, 0.717) is 50.0 Å². The highest BCUT2D eigenvalue weighted by molar-refractivity contribution is 5.97. The summed E-state index contributed by atoms with van der Waals surface area (Å²) in [5.74, 6) is -0.316. The van der Waals surface area contributed by atoms with Gasteiger partial charge in [-0.25, -0.2) is 0 Å². The van der Waals surface area contributed by atoms with Gasteiger partial charge in [0.05, 0.1) is 19.3 Å². The van der Waals surface area contributed by atoms with Crippen molar-refractivity contribution in [2.24, 2.45) is 0 Å². The first-order valence-electron chi connectivity index (χ1n) is 10.8. The van der Waals surface area contributed by atoms with Crippen LogP contribution >= 0.6 is 0 Å². The molecule has 0 bridgehead atoms. The number of amides is 2. The SMILES string of the molecule is O=C(NCC(O)CNC1Cc2ccccc2C1)c1ccc(C(=O)N2CCOCC2)cc1. The van der Waals surface area contributed by atoms with Crippen molar-refractivity contribution in [3.8, 4) is 0 Å². The van der Waals surface area contributed by atoms with Crippen LogP contribution in [0.1, 0.15) is 31.8 Å². The smallest absolute Gasteiger partial charge is 0.254 e. The van der Waals surface area contributed by atoms with Gasteiger partial charge in [0, 0.05) is 43.3 Å². The summed E-state index contributed by atoms with van der Waals surface area (Å²) in [6.45, 7) is 2.86. The Kier molecular flexibility index (Phi) is 6.96. The van der Waals surface area contributed by atoms with E-state index in [-0.39, 0.29) is 18.4 Å². The molecule has 0 radical (unpaired) electrons. The molecular formula is C24H29N3O4. The molecular weight excluding hydrogens is 394 g/mol. The zero-order chi connectivity index (χ0) is 21.6. The Morgan fingerprint density at radius 2 is 1.58 bits per heavy atom. The number of ether oxygens (including phenoxy) is 1. The normalized spacial score (nSPS) is 17.3. The van der Waals surface area contributed by atoms with Crippen LogP contribution in [0.3, 0.4) is 0 Å². The third kappa shape index (κ3) is 5.50. The highest BCUT2D eigenvalue weighted by Gasteiger charge is 2.21. The highest BCUT2D eigenvalue weighted by atomic mass is 16.5. The largest absolute Gasteiger partial charge is 0.390 e. The zero-order valence-corrected chi connectivity index (χ0v) is 17.5. The van der Waals surface area contributed by atoms with Crippen LogP contribution in [0.25, 0.3) is 0 Å². The van der Waals surface area contributed by atoms with Crippen molar-refractivity contribution in [2.45, 2.75) is 25.0 Å². The maximum absolute atomic E-state index is 12.5. The molecule has 1 atom stereocenters. The minimum Gasteiger partial charge on any atom is -0.390 e. The molecule has 0 spiro atoms. The van der Waals surface area contributed by atoms with E-state index in [4.69, 9.17) is 4.74 Å². The van der Waals surface area contributed by atoms with Gasteiger partial charge < -0.3 is 25.4 Å². The van der Waals surface area contributed by atoms with Crippen LogP contribution in [-0.2, 0) is 17.6 Å². The lowest BCUT2D eigenvalue weighted by Crippen LogP contribution is -2.42. The number of nitrogens with one attached hydrogen (secondary N) is 2. The molecule has 2 aromatic rings. The predicted molar refractivity (Wildman–Crippen MR) is 117 cm³/mol. The Morgan fingerprint density at radius 1 is 0.968 bits per heavy atom. The third-order valence-electron chi connectivity index (χ3n) is 5.88. The lowest BCUT2D eigenvalue weighted by atomic mass is 10.1. The molecule has 164 valence electrons. The van der Waals surface area contributed by atoms with Gasteiger partial charge in [-0.3, -0.25) is 9.59 Å². The number of benzene rings is 2. The molecule has 0 saturated carbocycles. The van der Waals surface area contributed by atoms with E-state index < -0.39 is 6.10 Å². The number of aliphatic hydroxyl groups excluding tert-OH is 1. The van der Waals surface area contributed by atoms with Crippen molar-refractivity contribution < 1.29 is 19.4 Å². The van der Waals surface area contributed by atoms with Gasteiger partial charge in [-0.1, -0.05) is 24.3 Å². The van der Waals surface area contributed by atoms with Crippen molar-refractivity contribution in [3.63, 3.8) is 0 Å². The molecule has 7 heteroatoms. The summed E-state index contributed by atoms with van der Waals surface area (Å²) in [6.07, 6.45) is 1.25. The quantitative estimate of drug-likeness (QED) is 0.618. The topological polar surface area (TPSA) is 90.9 Å². The first kappa shape index (κ1) is 21.5. The van der Waals surface area contributed by atoms with Gasteiger partial charge >= 0.3 is 0 Å². The average Bonchev–Trinajstić information content (AvgIpc) is 3.24. The second-order valence-corrected chi connectivity index (χ2v) is 8.13. The highest BCUT2D eigenvalue weighted by Crippen LogP contribution is 2.21. The summed E-state index contributed by atoms with van der Waals surface area (Å²) in [4.78, 5) is 26.6. The van der Waals surface area contributed by atoms with Crippen LogP contribution < -0.4 is 10.6 Å². The fourth-order valence-corrected chi connectivity index (χ4v) is 4.10. The van der Waals surface area contributed by atoms with E-state index in [0.717, 1.165) is 12.8 Å². The minimum atomic E-state index is -0.671. The number of rotatable bonds is 7. The van der Waals surface area contributed by atoms with Crippen LogP contribution in [0.4, 0.5) is 0 Å². The number of hydrogen-bond acceptors (Lipinski definition) is 5. The van der Waals surface area contributed by atoms with Gasteiger partial charge in [-0.15, -0.1) is 0 Å². The molecule has 0 aromatic heterocycles. The van der Waals surface area contributed by atoms with Gasteiger partial charge in [0.15, 0.2) is 0 Å². The Morgan fingerprint density at radius 3 is 2.23 bits per heavy atom. The number of aliphatic hydroxyl groups is 1. The number of morpholine rings is 1. The third-order valence-corrected chi connectivity index (χ3v) is 5.88. The molecule has 1 aliphatic heterocycles. The molecule has 1 heterocycles. The number of fused-ring (bicyclic) bond motifs is 1. The molecule has 3 N–H and O–H groups in total. The average molecular weight is 424 g/mol. The molecule has 4 rings (SSSR count). The van der Waals surface area contributed by atoms with E-state index in [1.807, 2.05) is 0 Å². The Labute approximate surface area is 182 Å². The van der Waals surface area contributed by atoms with E-state index in [2.05, 4.69) is 34.9 Å². The maximum Gasteiger partial charge on any atom is 0.254 e. The van der Waals surface area contributed by atoms with Gasteiger partial charge in [-0.2, -0.15) is 0 Å². The molecule has 1 fully saturated rings. The number of nitrogens with zero attached hydrogens (tertiary/aromatic N) is 1. The second kappa shape index (κ2) is 10.0. The molecule has 2 amide bonds. The minimum absolute atomic E-state index is 0.0502. The standard InChI is InChI=1S/C24H29N3O4/c28-22(15-25-21-13-19-3-1-2-4-20(19)14-21)16-26-23(29)17-5-7-18(8-6-17)24(30)27-9-11-31-12-10-27/h1-8,21-22,25,28H,9-16H2,(H,26,29). The van der Waals surface area contributed by atoms with Crippen LogP contribution in [0.15, 0.2) is 48.5 Å². The van der Waals surface area contributed by atoms with Crippen molar-refractivity contribution in [1.82, 2.24) is 15.5 Å². The summed E-state index contributed by atoms with van der Waals surface area (Å²) in [6, 6.07) is 15.3. The molecule has 1 aliphatic carbocycles. The van der Waals surface area contributed by atoms with E-state index in [9.17, 15) is 14.7 Å². The molecule has 1 saturated heterocycles. The van der Waals surface area contributed by atoms with Gasteiger partial charge in [-0.05, 0) is 48.2 Å². The second-order valence-electron chi connectivity index (χ2n) is 8.13. The summed E-state index contributed by atoms with van der Waals surface area (Å²) in [5, 5.41) is 16.4. The molecule has 7 nitrogen and oxygen atoms in total. The zero-order valence-electron chi connectivity index (χ0n) is 17.5. The lowest BCUT2D eigenvalue weighted by Gasteiger charge is -2.26. The van der Waals surface area contributed by atoms with Crippen molar-refractivity contribution >= 4 is 11.8 Å². The molecule has 2 aromatic carbocycles. The fraction of sp³-hybridized carbons (Fsp3) is 0.417. The number of hydrogen-bond donors (Lipinski definition) is 3. The lowest BCUT2D eigenvalue weighted by molar-refractivity contribution is 0.0303. The summed E-state index contributed by atoms with van der Waals surface area (Å²) in [5.41, 5.74) is 3.74. The van der Waals surface area contributed by atoms with E-state index in [1.54, 1.807) is 29.2 Å². The first-order valence-corrected chi connectivity index (χ1v) is 10.8. The summed E-state index contributed by atoms with van der Waals surface area (Å²) >= 11 is 0. The number of carbonyl (C=O) groups excluding carboxylic acids is 2. The van der Waals surface area contributed by atoms with Crippen molar-refractivity contribution in [2.75, 3.05) is 39.4 Å². The predicted octanol–water partition coefficient (Wildman–Crippen LogP) is 1.01. The molecule has 2 aliphatic rings. The van der Waals surface area contributed by atoms with Crippen LogP contribution in [-0.4, -0.2) is 73.4 Å². The van der Waals surface area contributed by atoms with Gasteiger partial charge in [0.1, 0.15) is 0 Å². The molecule has 1 unspecified atom stereocenters.